The fraction of sp³-hybridized carbons (Fsp3) is 0.212. The summed E-state index contributed by atoms with van der Waals surface area (Å²) in [6.45, 7) is 0.768. The lowest BCUT2D eigenvalue weighted by Crippen LogP contribution is -2.29. The average Bonchev–Trinajstić information content (AvgIpc) is 3.67. The summed E-state index contributed by atoms with van der Waals surface area (Å²) >= 11 is 0. The maximum Gasteiger partial charge on any atom is 0.264 e. The summed E-state index contributed by atoms with van der Waals surface area (Å²) in [6.07, 6.45) is 1.79. The fourth-order valence-electron chi connectivity index (χ4n) is 5.65. The largest absolute Gasteiger partial charge is 0.326 e. The van der Waals surface area contributed by atoms with Crippen molar-refractivity contribution in [2.75, 3.05) is 32.3 Å². The quantitative estimate of drug-likeness (QED) is 0.252. The van der Waals surface area contributed by atoms with Crippen LogP contribution in [0.3, 0.4) is 0 Å². The molecule has 232 valence electrons. The molecular weight excluding hydrogens is 613 g/mol. The van der Waals surface area contributed by atoms with Crippen LogP contribution in [0.2, 0.25) is 0 Å². The maximum atomic E-state index is 13.2. The topological polar surface area (TPSA) is 133 Å². The van der Waals surface area contributed by atoms with Crippen molar-refractivity contribution in [3.8, 4) is 0 Å². The highest BCUT2D eigenvalue weighted by Gasteiger charge is 2.31. The molecule has 45 heavy (non-hydrogen) atoms. The molecule has 4 aromatic rings. The molecule has 0 unspecified atom stereocenters. The number of sulfonamides is 2. The van der Waals surface area contributed by atoms with E-state index in [9.17, 15) is 26.4 Å². The lowest BCUT2D eigenvalue weighted by molar-refractivity contribution is -0.117. The first kappa shape index (κ1) is 30.4. The predicted octanol–water partition coefficient (Wildman–Crippen LogP) is 4.94. The number of hydrogen-bond acceptors (Lipinski definition) is 6. The van der Waals surface area contributed by atoms with Crippen LogP contribution in [-0.4, -0.2) is 41.7 Å². The number of nitrogens with one attached hydrogen (secondary N) is 2. The van der Waals surface area contributed by atoms with Gasteiger partial charge in [0.1, 0.15) is 0 Å². The minimum absolute atomic E-state index is 0.0898. The predicted molar refractivity (Wildman–Crippen MR) is 173 cm³/mol. The minimum Gasteiger partial charge on any atom is -0.326 e. The normalized spacial score (nSPS) is 14.1. The summed E-state index contributed by atoms with van der Waals surface area (Å²) in [4.78, 5) is 25.2. The van der Waals surface area contributed by atoms with E-state index in [1.807, 2.05) is 36.4 Å². The van der Waals surface area contributed by atoms with Crippen molar-refractivity contribution in [1.82, 2.24) is 0 Å². The Labute approximate surface area is 262 Å². The van der Waals surface area contributed by atoms with E-state index in [2.05, 4.69) is 10.6 Å². The van der Waals surface area contributed by atoms with Crippen molar-refractivity contribution in [2.45, 2.75) is 41.9 Å². The van der Waals surface area contributed by atoms with E-state index >= 15 is 0 Å². The summed E-state index contributed by atoms with van der Waals surface area (Å²) in [5.74, 6) is -0.602. The minimum atomic E-state index is -3.73. The number of carbonyl (C=O) groups excluding carboxylic acids is 2. The van der Waals surface area contributed by atoms with E-state index in [1.165, 1.54) is 32.9 Å². The third-order valence-electron chi connectivity index (χ3n) is 7.95. The number of hydrogen-bond donors (Lipinski definition) is 2. The lowest BCUT2D eigenvalue weighted by Gasteiger charge is -2.19. The summed E-state index contributed by atoms with van der Waals surface area (Å²) in [5, 5.41) is 5.48. The maximum absolute atomic E-state index is 13.2. The van der Waals surface area contributed by atoms with Crippen molar-refractivity contribution in [1.29, 1.82) is 0 Å². The Balaban J connectivity index is 0.968. The second-order valence-electron chi connectivity index (χ2n) is 10.9. The lowest BCUT2D eigenvalue weighted by atomic mass is 10.2. The third-order valence-corrected chi connectivity index (χ3v) is 11.6. The van der Waals surface area contributed by atoms with Gasteiger partial charge in [-0.3, -0.25) is 18.2 Å². The van der Waals surface area contributed by atoms with Crippen LogP contribution >= 0.6 is 0 Å². The Morgan fingerprint density at radius 1 is 0.556 bits per heavy atom. The Kier molecular flexibility index (Phi) is 8.34. The summed E-state index contributed by atoms with van der Waals surface area (Å²) in [6, 6.07) is 26.9. The first-order valence-electron chi connectivity index (χ1n) is 14.6. The number of rotatable bonds is 10. The molecule has 0 radical (unpaired) electrons. The Hall–Kier alpha value is -4.68. The standard InChI is InChI=1S/C33H32N4O6S2/c38-32(34-26-12-16-28(17-13-26)44(40,41)36-22-20-24-6-1-3-8-30(24)36)10-5-11-33(39)35-27-14-18-29(19-15-27)45(42,43)37-23-21-25-7-2-4-9-31(25)37/h1-4,6-9,12-19H,5,10-11,20-23H2,(H,34,38)(H,35,39). The zero-order valence-electron chi connectivity index (χ0n) is 24.3. The molecule has 0 aliphatic carbocycles. The van der Waals surface area contributed by atoms with Crippen molar-refractivity contribution in [2.24, 2.45) is 0 Å². The molecule has 0 fully saturated rings. The number of nitrogens with zero attached hydrogens (tertiary/aromatic N) is 2. The second kappa shape index (κ2) is 12.4. The zero-order valence-corrected chi connectivity index (χ0v) is 26.0. The van der Waals surface area contributed by atoms with Gasteiger partial charge < -0.3 is 10.6 Å². The van der Waals surface area contributed by atoms with Crippen LogP contribution < -0.4 is 19.2 Å². The van der Waals surface area contributed by atoms with Crippen LogP contribution in [0.4, 0.5) is 22.7 Å². The average molecular weight is 645 g/mol. The first-order valence-corrected chi connectivity index (χ1v) is 17.5. The number of para-hydroxylation sites is 2. The van der Waals surface area contributed by atoms with Gasteiger partial charge in [0.2, 0.25) is 11.8 Å². The third kappa shape index (κ3) is 6.29. The van der Waals surface area contributed by atoms with Gasteiger partial charge in [0.25, 0.3) is 20.0 Å². The molecule has 2 N–H and O–H groups in total. The summed E-state index contributed by atoms with van der Waals surface area (Å²) in [7, 11) is -7.45. The number of anilines is 4. The van der Waals surface area contributed by atoms with Crippen LogP contribution in [0.25, 0.3) is 0 Å². The first-order chi connectivity index (χ1) is 21.6. The molecule has 2 aliphatic rings. The number of amides is 2. The molecule has 0 spiro atoms. The van der Waals surface area contributed by atoms with E-state index in [0.717, 1.165) is 11.1 Å². The Bertz CT molecular complexity index is 1820. The summed E-state index contributed by atoms with van der Waals surface area (Å²) in [5.41, 5.74) is 4.27. The molecule has 0 saturated carbocycles. The highest BCUT2D eigenvalue weighted by molar-refractivity contribution is 7.93. The van der Waals surface area contributed by atoms with Gasteiger partial charge in [-0.25, -0.2) is 16.8 Å². The van der Waals surface area contributed by atoms with Crippen molar-refractivity contribution >= 4 is 54.6 Å². The molecular formula is C33H32N4O6S2. The molecule has 0 aromatic heterocycles. The van der Waals surface area contributed by atoms with E-state index in [4.69, 9.17) is 0 Å². The van der Waals surface area contributed by atoms with Crippen LogP contribution in [-0.2, 0) is 42.5 Å². The SMILES string of the molecule is O=C(CCCC(=O)Nc1ccc(S(=O)(=O)N2CCc3ccccc32)cc1)Nc1ccc(S(=O)(=O)N2CCc3ccccc32)cc1. The molecule has 12 heteroatoms. The van der Waals surface area contributed by atoms with Crippen molar-refractivity contribution in [3.05, 3.63) is 108 Å². The van der Waals surface area contributed by atoms with Crippen LogP contribution in [0, 0.1) is 0 Å². The van der Waals surface area contributed by atoms with Gasteiger partial charge in [0, 0.05) is 37.3 Å². The van der Waals surface area contributed by atoms with Gasteiger partial charge in [0.15, 0.2) is 0 Å². The molecule has 0 bridgehead atoms. The van der Waals surface area contributed by atoms with Gasteiger partial charge in [-0.1, -0.05) is 36.4 Å². The van der Waals surface area contributed by atoms with E-state index < -0.39 is 20.0 Å². The smallest absolute Gasteiger partial charge is 0.264 e. The second-order valence-corrected chi connectivity index (χ2v) is 14.6. The Morgan fingerprint density at radius 2 is 0.933 bits per heavy atom. The highest BCUT2D eigenvalue weighted by Crippen LogP contribution is 2.34. The molecule has 2 heterocycles. The molecule has 10 nitrogen and oxygen atoms in total. The zero-order chi connectivity index (χ0) is 31.6. The van der Waals surface area contributed by atoms with Gasteiger partial charge in [-0.2, -0.15) is 0 Å². The van der Waals surface area contributed by atoms with Gasteiger partial charge in [-0.05, 0) is 91.1 Å². The van der Waals surface area contributed by atoms with Gasteiger partial charge >= 0.3 is 0 Å². The summed E-state index contributed by atoms with van der Waals surface area (Å²) < 4.78 is 55.6. The van der Waals surface area contributed by atoms with Crippen LogP contribution in [0.1, 0.15) is 30.4 Å². The van der Waals surface area contributed by atoms with E-state index in [0.29, 0.717) is 55.1 Å². The van der Waals surface area contributed by atoms with Gasteiger partial charge in [0.05, 0.1) is 21.2 Å². The molecule has 0 saturated heterocycles. The monoisotopic (exact) mass is 644 g/mol. The molecule has 0 atom stereocenters. The van der Waals surface area contributed by atoms with Crippen molar-refractivity contribution < 1.29 is 26.4 Å². The van der Waals surface area contributed by atoms with Gasteiger partial charge in [-0.15, -0.1) is 0 Å². The number of benzene rings is 4. The number of carbonyl (C=O) groups is 2. The molecule has 4 aromatic carbocycles. The highest BCUT2D eigenvalue weighted by atomic mass is 32.2. The van der Waals surface area contributed by atoms with Crippen LogP contribution in [0.5, 0.6) is 0 Å². The molecule has 6 rings (SSSR count). The Morgan fingerprint density at radius 3 is 1.33 bits per heavy atom. The van der Waals surface area contributed by atoms with Crippen molar-refractivity contribution in [3.63, 3.8) is 0 Å². The molecule has 2 aliphatic heterocycles. The number of fused-ring (bicyclic) bond motifs is 2. The van der Waals surface area contributed by atoms with Crippen LogP contribution in [0.15, 0.2) is 107 Å². The van der Waals surface area contributed by atoms with E-state index in [-0.39, 0.29) is 34.4 Å². The fourth-order valence-corrected chi connectivity index (χ4v) is 8.65. The molecule has 2 amide bonds. The van der Waals surface area contributed by atoms with E-state index in [1.54, 1.807) is 36.4 Å².